The van der Waals surface area contributed by atoms with Crippen LogP contribution in [0.1, 0.15) is 24.2 Å². The molecule has 1 saturated heterocycles. The van der Waals surface area contributed by atoms with Crippen LogP contribution in [-0.2, 0) is 4.79 Å². The van der Waals surface area contributed by atoms with Crippen molar-refractivity contribution < 1.29 is 23.4 Å². The number of anilines is 2. The number of methoxy groups -OCH3 is 3. The predicted molar refractivity (Wildman–Crippen MR) is 121 cm³/mol. The van der Waals surface area contributed by atoms with Gasteiger partial charge in [0.15, 0.2) is 11.5 Å². The third-order valence-corrected chi connectivity index (χ3v) is 5.97. The zero-order chi connectivity index (χ0) is 22.8. The SMILES string of the molecule is COc1cc(NC(=O)[C@@H]2CCCN(c3ncnc4oc(C)c(C)c34)C2)cc(OC)c1OC. The zero-order valence-electron chi connectivity index (χ0n) is 19.0. The number of furan rings is 1. The van der Waals surface area contributed by atoms with Gasteiger partial charge in [0.05, 0.1) is 32.6 Å². The smallest absolute Gasteiger partial charge is 0.231 e. The van der Waals surface area contributed by atoms with E-state index in [9.17, 15) is 4.79 Å². The van der Waals surface area contributed by atoms with Gasteiger partial charge in [0, 0.05) is 36.5 Å². The Morgan fingerprint density at radius 3 is 2.50 bits per heavy atom. The molecule has 9 heteroatoms. The second-order valence-corrected chi connectivity index (χ2v) is 7.85. The second kappa shape index (κ2) is 8.94. The van der Waals surface area contributed by atoms with Crippen LogP contribution in [0.5, 0.6) is 17.2 Å². The number of carbonyl (C=O) groups is 1. The number of benzene rings is 1. The third kappa shape index (κ3) is 3.90. The van der Waals surface area contributed by atoms with E-state index in [0.717, 1.165) is 41.9 Å². The average Bonchev–Trinajstić information content (AvgIpc) is 3.11. The molecule has 3 heterocycles. The molecule has 1 amide bonds. The van der Waals surface area contributed by atoms with Gasteiger partial charge in [0.2, 0.25) is 17.4 Å². The molecule has 0 aliphatic carbocycles. The van der Waals surface area contributed by atoms with Gasteiger partial charge in [-0.15, -0.1) is 0 Å². The average molecular weight is 441 g/mol. The Balaban J connectivity index is 1.55. The molecule has 0 spiro atoms. The Labute approximate surface area is 186 Å². The Morgan fingerprint density at radius 2 is 1.84 bits per heavy atom. The first-order valence-corrected chi connectivity index (χ1v) is 10.5. The largest absolute Gasteiger partial charge is 0.493 e. The molecule has 1 aliphatic rings. The number of amides is 1. The van der Waals surface area contributed by atoms with E-state index < -0.39 is 0 Å². The van der Waals surface area contributed by atoms with E-state index in [4.69, 9.17) is 18.6 Å². The first-order valence-electron chi connectivity index (χ1n) is 10.5. The molecule has 1 aliphatic heterocycles. The number of nitrogens with zero attached hydrogens (tertiary/aromatic N) is 3. The minimum absolute atomic E-state index is 0.0608. The van der Waals surface area contributed by atoms with Crippen molar-refractivity contribution in [1.29, 1.82) is 0 Å². The number of rotatable bonds is 6. The molecule has 0 radical (unpaired) electrons. The summed E-state index contributed by atoms with van der Waals surface area (Å²) in [5.74, 6) is 2.85. The first-order chi connectivity index (χ1) is 15.5. The standard InChI is InChI=1S/C23H28N4O5/c1-13-14(2)32-23-19(13)21(24-12-25-23)27-8-6-7-15(11-27)22(28)26-16-9-17(29-3)20(31-5)18(10-16)30-4/h9-10,12,15H,6-8,11H2,1-5H3,(H,26,28)/t15-/m1/s1. The van der Waals surface area contributed by atoms with Gasteiger partial charge >= 0.3 is 0 Å². The van der Waals surface area contributed by atoms with Crippen LogP contribution in [0.3, 0.4) is 0 Å². The van der Waals surface area contributed by atoms with Crippen LogP contribution in [0.4, 0.5) is 11.5 Å². The highest BCUT2D eigenvalue weighted by atomic mass is 16.5. The monoisotopic (exact) mass is 440 g/mol. The number of piperidine rings is 1. The van der Waals surface area contributed by atoms with E-state index in [0.29, 0.717) is 35.2 Å². The van der Waals surface area contributed by atoms with E-state index in [-0.39, 0.29) is 11.8 Å². The summed E-state index contributed by atoms with van der Waals surface area (Å²) in [7, 11) is 4.64. The molecule has 2 aromatic heterocycles. The molecule has 0 saturated carbocycles. The molecule has 1 atom stereocenters. The summed E-state index contributed by atoms with van der Waals surface area (Å²) in [6.07, 6.45) is 3.19. The molecule has 1 aromatic carbocycles. The summed E-state index contributed by atoms with van der Waals surface area (Å²) in [6, 6.07) is 3.46. The normalized spacial score (nSPS) is 16.2. The van der Waals surface area contributed by atoms with E-state index in [2.05, 4.69) is 20.2 Å². The number of aryl methyl sites for hydroxylation is 2. The van der Waals surface area contributed by atoms with Crippen molar-refractivity contribution in [2.45, 2.75) is 26.7 Å². The lowest BCUT2D eigenvalue weighted by Crippen LogP contribution is -2.41. The number of hydrogen-bond donors (Lipinski definition) is 1. The molecule has 0 bridgehead atoms. The maximum atomic E-state index is 13.1. The summed E-state index contributed by atoms with van der Waals surface area (Å²) in [5, 5.41) is 3.92. The Bertz CT molecular complexity index is 1120. The van der Waals surface area contributed by atoms with Crippen LogP contribution in [0.25, 0.3) is 11.1 Å². The minimum Gasteiger partial charge on any atom is -0.493 e. The van der Waals surface area contributed by atoms with Crippen molar-refractivity contribution in [3.8, 4) is 17.2 Å². The van der Waals surface area contributed by atoms with Gasteiger partial charge in [-0.2, -0.15) is 0 Å². The number of carbonyl (C=O) groups excluding carboxylic acids is 1. The summed E-state index contributed by atoms with van der Waals surface area (Å²) < 4.78 is 21.9. The van der Waals surface area contributed by atoms with E-state index in [1.807, 2.05) is 13.8 Å². The van der Waals surface area contributed by atoms with Crippen LogP contribution in [0.15, 0.2) is 22.9 Å². The van der Waals surface area contributed by atoms with Crippen molar-refractivity contribution in [3.63, 3.8) is 0 Å². The topological polar surface area (TPSA) is 99.0 Å². The fraction of sp³-hybridized carbons (Fsp3) is 0.435. The fourth-order valence-electron chi connectivity index (χ4n) is 4.18. The maximum Gasteiger partial charge on any atom is 0.231 e. The highest BCUT2D eigenvalue weighted by Crippen LogP contribution is 2.40. The number of ether oxygens (including phenoxy) is 3. The highest BCUT2D eigenvalue weighted by Gasteiger charge is 2.29. The van der Waals surface area contributed by atoms with E-state index >= 15 is 0 Å². The summed E-state index contributed by atoms with van der Waals surface area (Å²) in [6.45, 7) is 5.31. The fourth-order valence-corrected chi connectivity index (χ4v) is 4.18. The van der Waals surface area contributed by atoms with Crippen molar-refractivity contribution in [2.75, 3.05) is 44.6 Å². The van der Waals surface area contributed by atoms with E-state index in [1.165, 1.54) is 6.33 Å². The molecule has 1 fully saturated rings. The third-order valence-electron chi connectivity index (χ3n) is 5.97. The van der Waals surface area contributed by atoms with Gasteiger partial charge in [-0.3, -0.25) is 4.79 Å². The van der Waals surface area contributed by atoms with E-state index in [1.54, 1.807) is 33.5 Å². The lowest BCUT2D eigenvalue weighted by atomic mass is 9.96. The van der Waals surface area contributed by atoms with Gasteiger partial charge in [0.1, 0.15) is 17.9 Å². The quantitative estimate of drug-likeness (QED) is 0.619. The molecular weight excluding hydrogens is 412 g/mol. The first kappa shape index (κ1) is 21.7. The number of hydrogen-bond acceptors (Lipinski definition) is 8. The van der Waals surface area contributed by atoms with Crippen LogP contribution >= 0.6 is 0 Å². The summed E-state index contributed by atoms with van der Waals surface area (Å²) >= 11 is 0. The van der Waals surface area contributed by atoms with Crippen LogP contribution < -0.4 is 24.4 Å². The summed E-state index contributed by atoms with van der Waals surface area (Å²) in [5.41, 5.74) is 2.20. The molecule has 170 valence electrons. The molecule has 3 aromatic rings. The molecule has 1 N–H and O–H groups in total. The lowest BCUT2D eigenvalue weighted by Gasteiger charge is -2.33. The van der Waals surface area contributed by atoms with Crippen molar-refractivity contribution in [3.05, 3.63) is 29.8 Å². The maximum absolute atomic E-state index is 13.1. The molecule has 32 heavy (non-hydrogen) atoms. The van der Waals surface area contributed by atoms with Gasteiger partial charge < -0.3 is 28.8 Å². The zero-order valence-corrected chi connectivity index (χ0v) is 19.0. The minimum atomic E-state index is -0.193. The van der Waals surface area contributed by atoms with Gasteiger partial charge in [0.25, 0.3) is 0 Å². The summed E-state index contributed by atoms with van der Waals surface area (Å²) in [4.78, 5) is 24.1. The Kier molecular flexibility index (Phi) is 6.07. The Hall–Kier alpha value is -3.49. The number of nitrogens with one attached hydrogen (secondary N) is 1. The second-order valence-electron chi connectivity index (χ2n) is 7.85. The molecule has 9 nitrogen and oxygen atoms in total. The predicted octanol–water partition coefficient (Wildman–Crippen LogP) is 3.72. The highest BCUT2D eigenvalue weighted by molar-refractivity contribution is 5.94. The van der Waals surface area contributed by atoms with Crippen molar-refractivity contribution in [1.82, 2.24) is 9.97 Å². The van der Waals surface area contributed by atoms with Crippen LogP contribution in [-0.4, -0.2) is 50.3 Å². The van der Waals surface area contributed by atoms with Crippen molar-refractivity contribution >= 4 is 28.5 Å². The van der Waals surface area contributed by atoms with Crippen LogP contribution in [0, 0.1) is 19.8 Å². The molecule has 0 unspecified atom stereocenters. The van der Waals surface area contributed by atoms with Gasteiger partial charge in [-0.25, -0.2) is 9.97 Å². The lowest BCUT2D eigenvalue weighted by molar-refractivity contribution is -0.120. The number of fused-ring (bicyclic) bond motifs is 1. The van der Waals surface area contributed by atoms with Crippen LogP contribution in [0.2, 0.25) is 0 Å². The number of aromatic nitrogens is 2. The molecule has 4 rings (SSSR count). The van der Waals surface area contributed by atoms with Crippen molar-refractivity contribution in [2.24, 2.45) is 5.92 Å². The van der Waals surface area contributed by atoms with Gasteiger partial charge in [-0.1, -0.05) is 0 Å². The Morgan fingerprint density at radius 1 is 1.12 bits per heavy atom. The molecular formula is C23H28N4O5. The van der Waals surface area contributed by atoms with Gasteiger partial charge in [-0.05, 0) is 26.7 Å².